The van der Waals surface area contributed by atoms with Crippen molar-refractivity contribution in [2.45, 2.75) is 19.3 Å². The second-order valence-electron chi connectivity index (χ2n) is 6.15. The molecule has 0 fully saturated rings. The molecule has 8 heteroatoms. The Kier molecular flexibility index (Phi) is 9.15. The zero-order valence-electron chi connectivity index (χ0n) is 15.9. The van der Waals surface area contributed by atoms with E-state index in [9.17, 15) is 14.4 Å². The predicted octanol–water partition coefficient (Wildman–Crippen LogP) is 3.98. The number of carbonyl (C=O) groups excluding carboxylic acids is 3. The summed E-state index contributed by atoms with van der Waals surface area (Å²) >= 11 is 9.12. The molecule has 1 amide bonds. The number of ether oxygens (including phenoxy) is 2. The van der Waals surface area contributed by atoms with Gasteiger partial charge in [-0.05, 0) is 42.3 Å². The lowest BCUT2D eigenvalue weighted by Gasteiger charge is -2.09. The van der Waals surface area contributed by atoms with Crippen LogP contribution in [0.3, 0.4) is 0 Å². The minimum atomic E-state index is -0.611. The van der Waals surface area contributed by atoms with Crippen molar-refractivity contribution in [3.05, 3.63) is 63.1 Å². The summed E-state index contributed by atoms with van der Waals surface area (Å²) in [5, 5.41) is 3.33. The Morgan fingerprint density at radius 1 is 1.07 bits per heavy atom. The summed E-state index contributed by atoms with van der Waals surface area (Å²) in [5.41, 5.74) is 1.42. The number of hydrogen-bond acceptors (Lipinski definition) is 5. The van der Waals surface area contributed by atoms with Crippen LogP contribution in [0, 0.1) is 0 Å². The minimum absolute atomic E-state index is 0.0379. The summed E-state index contributed by atoms with van der Waals surface area (Å²) < 4.78 is 10.8. The van der Waals surface area contributed by atoms with Crippen LogP contribution in [0.5, 0.6) is 5.75 Å². The largest absolute Gasteiger partial charge is 0.496 e. The van der Waals surface area contributed by atoms with Crippen LogP contribution in [-0.2, 0) is 20.7 Å². The molecule has 0 saturated heterocycles. The molecule has 0 heterocycles. The van der Waals surface area contributed by atoms with E-state index < -0.39 is 11.9 Å². The Morgan fingerprint density at radius 2 is 1.79 bits per heavy atom. The van der Waals surface area contributed by atoms with Crippen molar-refractivity contribution in [2.75, 3.05) is 20.3 Å². The van der Waals surface area contributed by atoms with Gasteiger partial charge < -0.3 is 14.8 Å². The quantitative estimate of drug-likeness (QED) is 0.409. The SMILES string of the molecule is COc1ccc(Br)cc1C(=O)CCC(=O)OCC(=O)NCCc1ccc(Cl)cc1. The molecule has 2 rings (SSSR count). The molecule has 1 N–H and O–H groups in total. The molecule has 29 heavy (non-hydrogen) atoms. The molecule has 0 aliphatic heterocycles. The fourth-order valence-corrected chi connectivity index (χ4v) is 3.00. The van der Waals surface area contributed by atoms with Gasteiger partial charge in [0.25, 0.3) is 5.91 Å². The minimum Gasteiger partial charge on any atom is -0.496 e. The topological polar surface area (TPSA) is 81.7 Å². The Bertz CT molecular complexity index is 870. The first-order valence-corrected chi connectivity index (χ1v) is 10.1. The number of nitrogens with one attached hydrogen (secondary N) is 1. The number of methoxy groups -OCH3 is 1. The van der Waals surface area contributed by atoms with Gasteiger partial charge in [-0.15, -0.1) is 0 Å². The summed E-state index contributed by atoms with van der Waals surface area (Å²) in [6.07, 6.45) is 0.482. The van der Waals surface area contributed by atoms with Gasteiger partial charge in [0, 0.05) is 22.5 Å². The van der Waals surface area contributed by atoms with Crippen molar-refractivity contribution in [2.24, 2.45) is 0 Å². The number of ketones is 1. The van der Waals surface area contributed by atoms with Gasteiger partial charge in [-0.2, -0.15) is 0 Å². The molecule has 0 aromatic heterocycles. The molecule has 0 bridgehead atoms. The lowest BCUT2D eigenvalue weighted by atomic mass is 10.1. The molecular weight excluding hydrogens is 462 g/mol. The summed E-state index contributed by atoms with van der Waals surface area (Å²) in [6, 6.07) is 12.4. The summed E-state index contributed by atoms with van der Waals surface area (Å²) in [7, 11) is 1.47. The lowest BCUT2D eigenvalue weighted by molar-refractivity contribution is -0.148. The predicted molar refractivity (Wildman–Crippen MR) is 113 cm³/mol. The number of amides is 1. The second-order valence-corrected chi connectivity index (χ2v) is 7.51. The van der Waals surface area contributed by atoms with E-state index in [2.05, 4.69) is 21.2 Å². The van der Waals surface area contributed by atoms with Crippen LogP contribution >= 0.6 is 27.5 Å². The maximum Gasteiger partial charge on any atom is 0.306 e. The van der Waals surface area contributed by atoms with Crippen LogP contribution in [-0.4, -0.2) is 37.9 Å². The first-order chi connectivity index (χ1) is 13.9. The normalized spacial score (nSPS) is 10.3. The molecule has 0 radical (unpaired) electrons. The zero-order valence-corrected chi connectivity index (χ0v) is 18.2. The molecule has 0 aliphatic carbocycles. The second kappa shape index (κ2) is 11.6. The smallest absolute Gasteiger partial charge is 0.306 e. The van der Waals surface area contributed by atoms with E-state index >= 15 is 0 Å². The van der Waals surface area contributed by atoms with E-state index in [-0.39, 0.29) is 25.2 Å². The van der Waals surface area contributed by atoms with Gasteiger partial charge in [0.15, 0.2) is 12.4 Å². The fraction of sp³-hybridized carbons (Fsp3) is 0.286. The molecule has 0 aliphatic rings. The highest BCUT2D eigenvalue weighted by atomic mass is 79.9. The van der Waals surface area contributed by atoms with E-state index in [0.29, 0.717) is 29.3 Å². The van der Waals surface area contributed by atoms with Crippen molar-refractivity contribution in [1.82, 2.24) is 5.32 Å². The van der Waals surface area contributed by atoms with Gasteiger partial charge >= 0.3 is 5.97 Å². The lowest BCUT2D eigenvalue weighted by Crippen LogP contribution is -2.30. The van der Waals surface area contributed by atoms with Crippen molar-refractivity contribution in [3.63, 3.8) is 0 Å². The van der Waals surface area contributed by atoms with Crippen LogP contribution in [0.2, 0.25) is 5.02 Å². The maximum absolute atomic E-state index is 12.3. The first-order valence-electron chi connectivity index (χ1n) is 8.92. The van der Waals surface area contributed by atoms with Crippen molar-refractivity contribution in [3.8, 4) is 5.75 Å². The zero-order chi connectivity index (χ0) is 21.2. The van der Waals surface area contributed by atoms with Crippen LogP contribution in [0.4, 0.5) is 0 Å². The average Bonchev–Trinajstić information content (AvgIpc) is 2.71. The van der Waals surface area contributed by atoms with Crippen LogP contribution in [0.15, 0.2) is 46.9 Å². The van der Waals surface area contributed by atoms with Gasteiger partial charge in [-0.3, -0.25) is 14.4 Å². The molecule has 2 aromatic carbocycles. The molecule has 154 valence electrons. The monoisotopic (exact) mass is 481 g/mol. The highest BCUT2D eigenvalue weighted by Crippen LogP contribution is 2.24. The highest BCUT2D eigenvalue weighted by molar-refractivity contribution is 9.10. The molecule has 0 unspecified atom stereocenters. The summed E-state index contributed by atoms with van der Waals surface area (Å²) in [5.74, 6) is -0.813. The number of carbonyl (C=O) groups is 3. The molecule has 0 spiro atoms. The van der Waals surface area contributed by atoms with E-state index in [1.807, 2.05) is 12.1 Å². The third-order valence-corrected chi connectivity index (χ3v) is 4.78. The van der Waals surface area contributed by atoms with Crippen LogP contribution in [0.25, 0.3) is 0 Å². The maximum atomic E-state index is 12.3. The van der Waals surface area contributed by atoms with Gasteiger partial charge in [0.2, 0.25) is 0 Å². The molecule has 0 saturated carbocycles. The highest BCUT2D eigenvalue weighted by Gasteiger charge is 2.15. The van der Waals surface area contributed by atoms with Gasteiger partial charge in [0.05, 0.1) is 19.1 Å². The van der Waals surface area contributed by atoms with Crippen molar-refractivity contribution in [1.29, 1.82) is 0 Å². The molecule has 0 atom stereocenters. The fourth-order valence-electron chi connectivity index (χ4n) is 2.51. The number of halogens is 2. The van der Waals surface area contributed by atoms with Crippen LogP contribution < -0.4 is 10.1 Å². The van der Waals surface area contributed by atoms with Gasteiger partial charge in [0.1, 0.15) is 5.75 Å². The average molecular weight is 483 g/mol. The summed E-state index contributed by atoms with van der Waals surface area (Å²) in [4.78, 5) is 35.9. The third kappa shape index (κ3) is 7.87. The Morgan fingerprint density at radius 3 is 2.48 bits per heavy atom. The standard InChI is InChI=1S/C21H21BrClNO5/c1-28-19-8-4-15(22)12-17(19)18(25)7-9-21(27)29-13-20(26)24-11-10-14-2-5-16(23)6-3-14/h2-6,8,12H,7,9-11,13H2,1H3,(H,24,26). The number of benzene rings is 2. The van der Waals surface area contributed by atoms with E-state index in [1.54, 1.807) is 30.3 Å². The van der Waals surface area contributed by atoms with E-state index in [0.717, 1.165) is 10.0 Å². The van der Waals surface area contributed by atoms with Crippen molar-refractivity contribution >= 4 is 45.2 Å². The number of hydrogen-bond donors (Lipinski definition) is 1. The van der Waals surface area contributed by atoms with Gasteiger partial charge in [-0.1, -0.05) is 39.7 Å². The van der Waals surface area contributed by atoms with Crippen molar-refractivity contribution < 1.29 is 23.9 Å². The molecular formula is C21H21BrClNO5. The van der Waals surface area contributed by atoms with Gasteiger partial charge in [-0.25, -0.2) is 0 Å². The Balaban J connectivity index is 1.68. The first kappa shape index (κ1) is 22.9. The molecule has 2 aromatic rings. The van der Waals surface area contributed by atoms with E-state index in [1.165, 1.54) is 7.11 Å². The summed E-state index contributed by atoms with van der Waals surface area (Å²) in [6.45, 7) is 0.0348. The van der Waals surface area contributed by atoms with Crippen LogP contribution in [0.1, 0.15) is 28.8 Å². The third-order valence-electron chi connectivity index (χ3n) is 4.03. The number of esters is 1. The Hall–Kier alpha value is -2.38. The number of rotatable bonds is 10. The number of Topliss-reactive ketones (excluding diaryl/α,β-unsaturated/α-hetero) is 1. The Labute approximate surface area is 182 Å². The van der Waals surface area contributed by atoms with E-state index in [4.69, 9.17) is 21.1 Å². The molecule has 6 nitrogen and oxygen atoms in total.